The molecular formula is C22H20N2O4. The van der Waals surface area contributed by atoms with Gasteiger partial charge in [-0.3, -0.25) is 4.79 Å². The van der Waals surface area contributed by atoms with Gasteiger partial charge in [0.15, 0.2) is 11.5 Å². The Morgan fingerprint density at radius 2 is 1.50 bits per heavy atom. The highest BCUT2D eigenvalue weighted by molar-refractivity contribution is 5.93. The van der Waals surface area contributed by atoms with Gasteiger partial charge in [-0.25, -0.2) is 0 Å². The van der Waals surface area contributed by atoms with Crippen molar-refractivity contribution in [3.8, 4) is 23.0 Å². The molecule has 1 aliphatic rings. The predicted octanol–water partition coefficient (Wildman–Crippen LogP) is 4.30. The van der Waals surface area contributed by atoms with Gasteiger partial charge in [0.2, 0.25) is 5.91 Å². The third-order valence-electron chi connectivity index (χ3n) is 4.11. The lowest BCUT2D eigenvalue weighted by molar-refractivity contribution is -0.114. The maximum atomic E-state index is 12.2. The van der Waals surface area contributed by atoms with Crippen LogP contribution in [0, 0.1) is 0 Å². The van der Waals surface area contributed by atoms with Crippen molar-refractivity contribution in [3.05, 3.63) is 72.8 Å². The molecule has 3 aromatic carbocycles. The zero-order valence-electron chi connectivity index (χ0n) is 15.2. The fourth-order valence-corrected chi connectivity index (χ4v) is 2.77. The quantitative estimate of drug-likeness (QED) is 0.671. The molecule has 1 amide bonds. The first kappa shape index (κ1) is 17.7. The molecule has 0 unspecified atom stereocenters. The minimum atomic E-state index is -0.147. The van der Waals surface area contributed by atoms with E-state index in [0.29, 0.717) is 30.4 Å². The summed E-state index contributed by atoms with van der Waals surface area (Å²) in [5.74, 6) is 2.73. The monoisotopic (exact) mass is 376 g/mol. The van der Waals surface area contributed by atoms with Crippen molar-refractivity contribution in [1.29, 1.82) is 0 Å². The summed E-state index contributed by atoms with van der Waals surface area (Å²) < 4.78 is 16.8. The second-order valence-electron chi connectivity index (χ2n) is 6.20. The molecule has 0 radical (unpaired) electrons. The molecule has 6 heteroatoms. The number of anilines is 2. The molecule has 2 N–H and O–H groups in total. The molecule has 142 valence electrons. The standard InChI is InChI=1S/C22H20N2O4/c25-22(15-23-17-8-11-20-21(14-17)27-13-12-26-20)24-16-6-9-19(10-7-16)28-18-4-2-1-3-5-18/h1-11,14,23H,12-13,15H2,(H,24,25). The van der Waals surface area contributed by atoms with Gasteiger partial charge >= 0.3 is 0 Å². The number of hydrogen-bond donors (Lipinski definition) is 2. The Hall–Kier alpha value is -3.67. The molecule has 0 aromatic heterocycles. The maximum Gasteiger partial charge on any atom is 0.243 e. The van der Waals surface area contributed by atoms with E-state index in [1.54, 1.807) is 12.1 Å². The molecule has 0 fully saturated rings. The summed E-state index contributed by atoms with van der Waals surface area (Å²) in [6.07, 6.45) is 0. The third-order valence-corrected chi connectivity index (χ3v) is 4.11. The first-order valence-electron chi connectivity index (χ1n) is 9.03. The molecule has 0 saturated carbocycles. The summed E-state index contributed by atoms with van der Waals surface area (Å²) in [6, 6.07) is 22.3. The van der Waals surface area contributed by atoms with E-state index in [4.69, 9.17) is 14.2 Å². The summed E-state index contributed by atoms with van der Waals surface area (Å²) in [7, 11) is 0. The van der Waals surface area contributed by atoms with E-state index >= 15 is 0 Å². The van der Waals surface area contributed by atoms with Gasteiger partial charge in [0.25, 0.3) is 0 Å². The average molecular weight is 376 g/mol. The Morgan fingerprint density at radius 1 is 0.821 bits per heavy atom. The molecule has 0 aliphatic carbocycles. The summed E-state index contributed by atoms with van der Waals surface area (Å²) >= 11 is 0. The van der Waals surface area contributed by atoms with Gasteiger partial charge in [0.05, 0.1) is 6.54 Å². The number of fused-ring (bicyclic) bond motifs is 1. The summed E-state index contributed by atoms with van der Waals surface area (Å²) in [5, 5.41) is 5.94. The minimum absolute atomic E-state index is 0.141. The Labute approximate surface area is 163 Å². The minimum Gasteiger partial charge on any atom is -0.486 e. The fourth-order valence-electron chi connectivity index (χ4n) is 2.77. The Bertz CT molecular complexity index is 943. The SMILES string of the molecule is O=C(CNc1ccc2c(c1)OCCO2)Nc1ccc(Oc2ccccc2)cc1. The topological polar surface area (TPSA) is 68.8 Å². The average Bonchev–Trinajstić information content (AvgIpc) is 2.74. The molecular weight excluding hydrogens is 356 g/mol. The van der Waals surface area contributed by atoms with Crippen LogP contribution in [0.15, 0.2) is 72.8 Å². The number of ether oxygens (including phenoxy) is 3. The van der Waals surface area contributed by atoms with E-state index in [1.807, 2.05) is 60.7 Å². The van der Waals surface area contributed by atoms with Crippen molar-refractivity contribution in [2.24, 2.45) is 0 Å². The van der Waals surface area contributed by atoms with Gasteiger partial charge < -0.3 is 24.8 Å². The van der Waals surface area contributed by atoms with Gasteiger partial charge in [-0.1, -0.05) is 18.2 Å². The Balaban J connectivity index is 1.29. The fraction of sp³-hybridized carbons (Fsp3) is 0.136. The molecule has 1 heterocycles. The lowest BCUT2D eigenvalue weighted by Gasteiger charge is -2.19. The predicted molar refractivity (Wildman–Crippen MR) is 108 cm³/mol. The van der Waals surface area contributed by atoms with Gasteiger partial charge in [-0.2, -0.15) is 0 Å². The summed E-state index contributed by atoms with van der Waals surface area (Å²) in [5.41, 5.74) is 1.50. The lowest BCUT2D eigenvalue weighted by atomic mass is 10.2. The third kappa shape index (κ3) is 4.54. The van der Waals surface area contributed by atoms with Crippen LogP contribution in [-0.2, 0) is 4.79 Å². The second kappa shape index (κ2) is 8.35. The first-order chi connectivity index (χ1) is 13.8. The number of nitrogens with one attached hydrogen (secondary N) is 2. The smallest absolute Gasteiger partial charge is 0.243 e. The molecule has 1 aliphatic heterocycles. The van der Waals surface area contributed by atoms with Crippen LogP contribution in [0.4, 0.5) is 11.4 Å². The zero-order valence-corrected chi connectivity index (χ0v) is 15.2. The second-order valence-corrected chi connectivity index (χ2v) is 6.20. The molecule has 28 heavy (non-hydrogen) atoms. The van der Waals surface area contributed by atoms with Crippen LogP contribution < -0.4 is 24.8 Å². The van der Waals surface area contributed by atoms with E-state index in [2.05, 4.69) is 10.6 Å². The van der Waals surface area contributed by atoms with Gasteiger partial charge in [0.1, 0.15) is 24.7 Å². The van der Waals surface area contributed by atoms with Crippen molar-refractivity contribution in [2.75, 3.05) is 30.4 Å². The number of carbonyl (C=O) groups excluding carboxylic acids is 1. The molecule has 0 bridgehead atoms. The molecule has 3 aromatic rings. The van der Waals surface area contributed by atoms with Crippen molar-refractivity contribution >= 4 is 17.3 Å². The molecule has 4 rings (SSSR count). The maximum absolute atomic E-state index is 12.2. The van der Waals surface area contributed by atoms with E-state index in [1.165, 1.54) is 0 Å². The summed E-state index contributed by atoms with van der Waals surface area (Å²) in [6.45, 7) is 1.22. The number of benzene rings is 3. The highest BCUT2D eigenvalue weighted by Crippen LogP contribution is 2.32. The van der Waals surface area contributed by atoms with Gasteiger partial charge in [-0.05, 0) is 48.5 Å². The number of amides is 1. The Kier molecular flexibility index (Phi) is 5.29. The molecule has 0 atom stereocenters. The van der Waals surface area contributed by atoms with Crippen LogP contribution in [-0.4, -0.2) is 25.7 Å². The van der Waals surface area contributed by atoms with Gasteiger partial charge in [0, 0.05) is 17.4 Å². The van der Waals surface area contributed by atoms with Crippen LogP contribution in [0.5, 0.6) is 23.0 Å². The van der Waals surface area contributed by atoms with Crippen LogP contribution in [0.2, 0.25) is 0 Å². The van der Waals surface area contributed by atoms with Crippen molar-refractivity contribution in [3.63, 3.8) is 0 Å². The van der Waals surface area contributed by atoms with E-state index < -0.39 is 0 Å². The molecule has 0 spiro atoms. The summed E-state index contributed by atoms with van der Waals surface area (Å²) in [4.78, 5) is 12.2. The van der Waals surface area contributed by atoms with Crippen LogP contribution >= 0.6 is 0 Å². The van der Waals surface area contributed by atoms with Crippen LogP contribution in [0.3, 0.4) is 0 Å². The largest absolute Gasteiger partial charge is 0.486 e. The first-order valence-corrected chi connectivity index (χ1v) is 9.03. The van der Waals surface area contributed by atoms with E-state index in [-0.39, 0.29) is 12.5 Å². The van der Waals surface area contributed by atoms with Crippen molar-refractivity contribution in [1.82, 2.24) is 0 Å². The number of hydrogen-bond acceptors (Lipinski definition) is 5. The van der Waals surface area contributed by atoms with Gasteiger partial charge in [-0.15, -0.1) is 0 Å². The van der Waals surface area contributed by atoms with E-state index in [9.17, 15) is 4.79 Å². The highest BCUT2D eigenvalue weighted by Gasteiger charge is 2.12. The molecule has 6 nitrogen and oxygen atoms in total. The normalized spacial score (nSPS) is 12.1. The lowest BCUT2D eigenvalue weighted by Crippen LogP contribution is -2.22. The van der Waals surface area contributed by atoms with Crippen LogP contribution in [0.1, 0.15) is 0 Å². The molecule has 0 saturated heterocycles. The zero-order chi connectivity index (χ0) is 19.2. The van der Waals surface area contributed by atoms with Crippen LogP contribution in [0.25, 0.3) is 0 Å². The highest BCUT2D eigenvalue weighted by atomic mass is 16.6. The van der Waals surface area contributed by atoms with Crippen molar-refractivity contribution in [2.45, 2.75) is 0 Å². The van der Waals surface area contributed by atoms with Crippen molar-refractivity contribution < 1.29 is 19.0 Å². The Morgan fingerprint density at radius 3 is 2.29 bits per heavy atom. The number of para-hydroxylation sites is 1. The number of carbonyl (C=O) groups is 1. The number of rotatable bonds is 6. The van der Waals surface area contributed by atoms with E-state index in [0.717, 1.165) is 17.2 Å².